The van der Waals surface area contributed by atoms with E-state index in [1.54, 1.807) is 7.11 Å². The van der Waals surface area contributed by atoms with Gasteiger partial charge in [0.15, 0.2) is 0 Å². The molecule has 4 rings (SSSR count). The molecule has 29 heavy (non-hydrogen) atoms. The molecule has 0 radical (unpaired) electrons. The summed E-state index contributed by atoms with van der Waals surface area (Å²) in [5.74, 6) is 2.68. The average molecular weight is 384 g/mol. The second kappa shape index (κ2) is 7.90. The zero-order valence-corrected chi connectivity index (χ0v) is 15.9. The van der Waals surface area contributed by atoms with E-state index in [1.807, 2.05) is 78.9 Å². The van der Waals surface area contributed by atoms with Gasteiger partial charge in [0, 0.05) is 5.56 Å². The van der Waals surface area contributed by atoms with E-state index in [4.69, 9.17) is 20.9 Å². The molecule has 3 aromatic carbocycles. The molecule has 0 amide bonds. The van der Waals surface area contributed by atoms with E-state index < -0.39 is 0 Å². The van der Waals surface area contributed by atoms with Gasteiger partial charge in [0.1, 0.15) is 23.1 Å². The van der Waals surface area contributed by atoms with Crippen LogP contribution < -0.4 is 20.9 Å². The largest absolute Gasteiger partial charge is 0.497 e. The minimum Gasteiger partial charge on any atom is -0.497 e. The van der Waals surface area contributed by atoms with E-state index in [9.17, 15) is 0 Å². The Bertz CT molecular complexity index is 1110. The number of benzene rings is 3. The van der Waals surface area contributed by atoms with Crippen LogP contribution in [0, 0.1) is 0 Å². The highest BCUT2D eigenvalue weighted by Crippen LogP contribution is 2.36. The molecule has 0 unspecified atom stereocenters. The second-order valence-electron chi connectivity index (χ2n) is 6.36. The molecule has 0 bridgehead atoms. The summed E-state index contributed by atoms with van der Waals surface area (Å²) in [6.07, 6.45) is 0. The number of hydrogen-bond donors (Lipinski definition) is 2. The Morgan fingerprint density at radius 2 is 1.24 bits per heavy atom. The molecule has 0 spiro atoms. The lowest BCUT2D eigenvalue weighted by atomic mass is 9.99. The summed E-state index contributed by atoms with van der Waals surface area (Å²) in [5, 5.41) is 0. The normalized spacial score (nSPS) is 10.5. The van der Waals surface area contributed by atoms with Crippen LogP contribution in [0.5, 0.6) is 17.2 Å². The SMILES string of the molecule is COc1ccc(Oc2ccc(-c3c(N)nc(N)nc3-c3ccccc3)cc2)cc1. The number of nitrogen functional groups attached to an aromatic ring is 2. The maximum atomic E-state index is 6.21. The van der Waals surface area contributed by atoms with E-state index >= 15 is 0 Å². The van der Waals surface area contributed by atoms with Crippen LogP contribution in [-0.2, 0) is 0 Å². The van der Waals surface area contributed by atoms with Crippen molar-refractivity contribution in [3.8, 4) is 39.6 Å². The van der Waals surface area contributed by atoms with Crippen molar-refractivity contribution in [2.45, 2.75) is 0 Å². The van der Waals surface area contributed by atoms with Gasteiger partial charge in [-0.1, -0.05) is 42.5 Å². The van der Waals surface area contributed by atoms with E-state index in [0.717, 1.165) is 28.2 Å². The van der Waals surface area contributed by atoms with Crippen LogP contribution in [0.2, 0.25) is 0 Å². The Morgan fingerprint density at radius 3 is 1.86 bits per heavy atom. The highest BCUT2D eigenvalue weighted by atomic mass is 16.5. The van der Waals surface area contributed by atoms with E-state index in [1.165, 1.54) is 0 Å². The van der Waals surface area contributed by atoms with Crippen molar-refractivity contribution in [3.05, 3.63) is 78.9 Å². The monoisotopic (exact) mass is 384 g/mol. The van der Waals surface area contributed by atoms with Crippen molar-refractivity contribution in [1.82, 2.24) is 9.97 Å². The highest BCUT2D eigenvalue weighted by molar-refractivity contribution is 5.88. The zero-order chi connectivity index (χ0) is 20.2. The van der Waals surface area contributed by atoms with Crippen LogP contribution >= 0.6 is 0 Å². The highest BCUT2D eigenvalue weighted by Gasteiger charge is 2.15. The predicted molar refractivity (Wildman–Crippen MR) is 115 cm³/mol. The van der Waals surface area contributed by atoms with Gasteiger partial charge in [0.05, 0.1) is 18.4 Å². The molecule has 0 saturated heterocycles. The maximum Gasteiger partial charge on any atom is 0.222 e. The van der Waals surface area contributed by atoms with Crippen LogP contribution in [-0.4, -0.2) is 17.1 Å². The summed E-state index contributed by atoms with van der Waals surface area (Å²) in [4.78, 5) is 8.57. The second-order valence-corrected chi connectivity index (χ2v) is 6.36. The summed E-state index contributed by atoms with van der Waals surface area (Å²) in [5.41, 5.74) is 15.3. The Kier molecular flexibility index (Phi) is 4.99. The maximum absolute atomic E-state index is 6.21. The average Bonchev–Trinajstić information content (AvgIpc) is 2.75. The Hall–Kier alpha value is -4.06. The molecule has 0 saturated carbocycles. The number of rotatable bonds is 5. The van der Waals surface area contributed by atoms with Crippen LogP contribution in [0.25, 0.3) is 22.4 Å². The Morgan fingerprint density at radius 1 is 0.655 bits per heavy atom. The van der Waals surface area contributed by atoms with Gasteiger partial charge in [0.2, 0.25) is 5.95 Å². The van der Waals surface area contributed by atoms with Gasteiger partial charge in [-0.2, -0.15) is 4.98 Å². The predicted octanol–water partition coefficient (Wildman–Crippen LogP) is 4.78. The van der Waals surface area contributed by atoms with Crippen molar-refractivity contribution in [1.29, 1.82) is 0 Å². The summed E-state index contributed by atoms with van der Waals surface area (Å²) in [6.45, 7) is 0. The Labute approximate surface area is 168 Å². The zero-order valence-electron chi connectivity index (χ0n) is 15.9. The van der Waals surface area contributed by atoms with Gasteiger partial charge in [-0.25, -0.2) is 4.98 Å². The lowest BCUT2D eigenvalue weighted by molar-refractivity contribution is 0.413. The molecular weight excluding hydrogens is 364 g/mol. The molecular formula is C23H20N4O2. The van der Waals surface area contributed by atoms with Gasteiger partial charge < -0.3 is 20.9 Å². The number of nitrogens with zero attached hydrogens (tertiary/aromatic N) is 2. The molecule has 0 aliphatic rings. The molecule has 144 valence electrons. The van der Waals surface area contributed by atoms with Crippen LogP contribution in [0.4, 0.5) is 11.8 Å². The van der Waals surface area contributed by atoms with Gasteiger partial charge in [0.25, 0.3) is 0 Å². The standard InChI is InChI=1S/C23H20N4O2/c1-28-17-11-13-19(14-12-17)29-18-9-7-15(8-10-18)20-21(16-5-3-2-4-6-16)26-23(25)27-22(20)24/h2-14H,1H3,(H4,24,25,26,27). The van der Waals surface area contributed by atoms with Crippen molar-refractivity contribution >= 4 is 11.8 Å². The topological polar surface area (TPSA) is 96.3 Å². The fraction of sp³-hybridized carbons (Fsp3) is 0.0435. The van der Waals surface area contributed by atoms with Crippen molar-refractivity contribution < 1.29 is 9.47 Å². The molecule has 6 nitrogen and oxygen atoms in total. The molecule has 1 heterocycles. The number of hydrogen-bond acceptors (Lipinski definition) is 6. The fourth-order valence-corrected chi connectivity index (χ4v) is 3.06. The first kappa shape index (κ1) is 18.3. The van der Waals surface area contributed by atoms with Crippen LogP contribution in [0.15, 0.2) is 78.9 Å². The molecule has 4 aromatic rings. The lowest BCUT2D eigenvalue weighted by Crippen LogP contribution is -2.04. The van der Waals surface area contributed by atoms with Crippen molar-refractivity contribution in [3.63, 3.8) is 0 Å². The fourth-order valence-electron chi connectivity index (χ4n) is 3.06. The summed E-state index contributed by atoms with van der Waals surface area (Å²) < 4.78 is 11.1. The van der Waals surface area contributed by atoms with Crippen LogP contribution in [0.3, 0.4) is 0 Å². The third-order valence-electron chi connectivity index (χ3n) is 4.44. The van der Waals surface area contributed by atoms with Gasteiger partial charge in [-0.3, -0.25) is 0 Å². The van der Waals surface area contributed by atoms with Gasteiger partial charge in [-0.15, -0.1) is 0 Å². The van der Waals surface area contributed by atoms with Crippen molar-refractivity contribution in [2.24, 2.45) is 0 Å². The number of methoxy groups -OCH3 is 1. The smallest absolute Gasteiger partial charge is 0.222 e. The summed E-state index contributed by atoms with van der Waals surface area (Å²) >= 11 is 0. The third kappa shape index (κ3) is 3.96. The van der Waals surface area contributed by atoms with E-state index in [-0.39, 0.29) is 5.95 Å². The lowest BCUT2D eigenvalue weighted by Gasteiger charge is -2.13. The minimum atomic E-state index is 0.143. The molecule has 0 aliphatic carbocycles. The van der Waals surface area contributed by atoms with Crippen molar-refractivity contribution in [2.75, 3.05) is 18.6 Å². The third-order valence-corrected chi connectivity index (χ3v) is 4.44. The number of anilines is 2. The number of ether oxygens (including phenoxy) is 2. The van der Waals surface area contributed by atoms with Gasteiger partial charge >= 0.3 is 0 Å². The van der Waals surface area contributed by atoms with Gasteiger partial charge in [-0.05, 0) is 42.0 Å². The number of nitrogens with two attached hydrogens (primary N) is 2. The minimum absolute atomic E-state index is 0.143. The first-order valence-corrected chi connectivity index (χ1v) is 9.05. The summed E-state index contributed by atoms with van der Waals surface area (Å²) in [7, 11) is 1.63. The number of aromatic nitrogens is 2. The molecule has 0 atom stereocenters. The summed E-state index contributed by atoms with van der Waals surface area (Å²) in [6, 6.07) is 24.8. The Balaban J connectivity index is 1.67. The quantitative estimate of drug-likeness (QED) is 0.514. The first-order chi connectivity index (χ1) is 14.1. The molecule has 6 heteroatoms. The molecule has 0 aliphatic heterocycles. The molecule has 1 aromatic heterocycles. The molecule has 4 N–H and O–H groups in total. The van der Waals surface area contributed by atoms with Crippen LogP contribution in [0.1, 0.15) is 0 Å². The van der Waals surface area contributed by atoms with E-state index in [2.05, 4.69) is 9.97 Å². The molecule has 0 fully saturated rings. The first-order valence-electron chi connectivity index (χ1n) is 9.05. The van der Waals surface area contributed by atoms with E-state index in [0.29, 0.717) is 17.3 Å².